The number of nitriles is 3. The third-order valence-electron chi connectivity index (χ3n) is 6.05. The van der Waals surface area contributed by atoms with Crippen molar-refractivity contribution >= 4 is 12.1 Å². The van der Waals surface area contributed by atoms with Crippen LogP contribution in [-0.4, -0.2) is 12.1 Å². The minimum Gasteiger partial charge on any atom is -0.400 e. The maximum absolute atomic E-state index is 13.3. The number of hydrogen-bond acceptors (Lipinski definition) is 6. The van der Waals surface area contributed by atoms with Gasteiger partial charge in [-0.05, 0) is 24.7 Å². The number of nitrogens with zero attached hydrogens (tertiary/aromatic N) is 3. The van der Waals surface area contributed by atoms with Crippen LogP contribution in [0, 0.1) is 68.5 Å². The van der Waals surface area contributed by atoms with Gasteiger partial charge >= 0.3 is 0 Å². The minimum atomic E-state index is -1.82. The summed E-state index contributed by atoms with van der Waals surface area (Å²) in [6.07, 6.45) is 1.70. The summed E-state index contributed by atoms with van der Waals surface area (Å²) in [6.45, 7) is 5.74. The van der Waals surface area contributed by atoms with E-state index in [1.54, 1.807) is 0 Å². The summed E-state index contributed by atoms with van der Waals surface area (Å²) < 4.78 is 0. The van der Waals surface area contributed by atoms with E-state index in [1.165, 1.54) is 0 Å². The van der Waals surface area contributed by atoms with Gasteiger partial charge in [-0.15, -0.1) is 0 Å². The van der Waals surface area contributed by atoms with Crippen LogP contribution in [0.2, 0.25) is 0 Å². The Kier molecular flexibility index (Phi) is 4.74. The molecule has 1 fully saturated rings. The Morgan fingerprint density at radius 3 is 2.24 bits per heavy atom. The zero-order valence-electron chi connectivity index (χ0n) is 14.7. The molecule has 130 valence electrons. The minimum absolute atomic E-state index is 0.0799. The smallest absolute Gasteiger partial charge is 0.172 e. The first-order valence-electron chi connectivity index (χ1n) is 8.48. The molecule has 0 aliphatic heterocycles. The second-order valence-corrected chi connectivity index (χ2v) is 7.57. The third kappa shape index (κ3) is 2.27. The van der Waals surface area contributed by atoms with E-state index < -0.39 is 16.7 Å². The average molecular weight is 338 g/mol. The van der Waals surface area contributed by atoms with Gasteiger partial charge in [0.25, 0.3) is 0 Å². The largest absolute Gasteiger partial charge is 0.400 e. The van der Waals surface area contributed by atoms with Crippen LogP contribution >= 0.6 is 0 Å². The summed E-state index contributed by atoms with van der Waals surface area (Å²) >= 11 is 0. The standard InChI is InChI=1S/C19H22N4O2/c1-11(2)14-5-4-12(3)15(16(14)25)19(10-22)17(23)13(7-24)6-18(19,8-20)9-21/h7,11-12,14-15H,4-6,23H2,1-3H3. The lowest BCUT2D eigenvalue weighted by atomic mass is 9.52. The summed E-state index contributed by atoms with van der Waals surface area (Å²) in [5.74, 6) is -1.34. The van der Waals surface area contributed by atoms with E-state index in [0.29, 0.717) is 19.1 Å². The molecule has 2 aliphatic rings. The van der Waals surface area contributed by atoms with Crippen LogP contribution in [0.1, 0.15) is 40.0 Å². The highest BCUT2D eigenvalue weighted by atomic mass is 16.1. The van der Waals surface area contributed by atoms with E-state index in [1.807, 2.05) is 32.9 Å². The maximum Gasteiger partial charge on any atom is 0.172 e. The lowest BCUT2D eigenvalue weighted by Crippen LogP contribution is -2.53. The van der Waals surface area contributed by atoms with Gasteiger partial charge in [0.1, 0.15) is 17.5 Å². The van der Waals surface area contributed by atoms with Gasteiger partial charge in [-0.2, -0.15) is 15.8 Å². The normalized spacial score (nSPS) is 34.3. The zero-order valence-corrected chi connectivity index (χ0v) is 14.7. The molecule has 2 rings (SSSR count). The molecule has 0 bridgehead atoms. The van der Waals surface area contributed by atoms with Gasteiger partial charge in [0.2, 0.25) is 0 Å². The number of nitrogens with two attached hydrogens (primary N) is 1. The topological polar surface area (TPSA) is 132 Å². The summed E-state index contributed by atoms with van der Waals surface area (Å²) in [4.78, 5) is 24.7. The molecule has 0 saturated heterocycles. The van der Waals surface area contributed by atoms with E-state index in [4.69, 9.17) is 5.73 Å². The molecule has 4 atom stereocenters. The van der Waals surface area contributed by atoms with Crippen LogP contribution < -0.4 is 5.73 Å². The fraction of sp³-hybridized carbons (Fsp3) is 0.632. The van der Waals surface area contributed by atoms with Gasteiger partial charge in [0.15, 0.2) is 5.41 Å². The van der Waals surface area contributed by atoms with Crippen molar-refractivity contribution in [3.8, 4) is 18.2 Å². The SMILES string of the molecule is CC(C)C1CCC(C)C(C2(C#N)C(N)=C(C=O)CC2(C#N)C#N)C1=O. The molecule has 4 unspecified atom stereocenters. The molecule has 0 aromatic rings. The van der Waals surface area contributed by atoms with Gasteiger partial charge < -0.3 is 5.73 Å². The van der Waals surface area contributed by atoms with E-state index in [9.17, 15) is 25.4 Å². The molecule has 0 heterocycles. The van der Waals surface area contributed by atoms with Gasteiger partial charge in [-0.3, -0.25) is 9.59 Å². The first kappa shape index (κ1) is 18.7. The van der Waals surface area contributed by atoms with Gasteiger partial charge in [0, 0.05) is 29.5 Å². The predicted molar refractivity (Wildman–Crippen MR) is 88.8 cm³/mol. The lowest BCUT2D eigenvalue weighted by Gasteiger charge is -2.45. The Bertz CT molecular complexity index is 748. The van der Waals surface area contributed by atoms with Crippen molar-refractivity contribution in [1.82, 2.24) is 0 Å². The number of hydrogen-bond donors (Lipinski definition) is 1. The second kappa shape index (κ2) is 6.34. The van der Waals surface area contributed by atoms with E-state index in [2.05, 4.69) is 6.07 Å². The van der Waals surface area contributed by atoms with Crippen molar-refractivity contribution in [3.05, 3.63) is 11.3 Å². The lowest BCUT2D eigenvalue weighted by molar-refractivity contribution is -0.138. The summed E-state index contributed by atoms with van der Waals surface area (Å²) in [7, 11) is 0. The van der Waals surface area contributed by atoms with Crippen LogP contribution in [-0.2, 0) is 9.59 Å². The Balaban J connectivity index is 2.77. The summed E-state index contributed by atoms with van der Waals surface area (Å²) in [5, 5.41) is 29.6. The van der Waals surface area contributed by atoms with Crippen molar-refractivity contribution in [2.45, 2.75) is 40.0 Å². The Morgan fingerprint density at radius 2 is 1.80 bits per heavy atom. The van der Waals surface area contributed by atoms with Crippen molar-refractivity contribution in [2.75, 3.05) is 0 Å². The first-order chi connectivity index (χ1) is 11.8. The highest BCUT2D eigenvalue weighted by molar-refractivity contribution is 5.88. The number of ketones is 1. The van der Waals surface area contributed by atoms with Crippen molar-refractivity contribution in [1.29, 1.82) is 15.8 Å². The molecule has 0 aromatic carbocycles. The fourth-order valence-electron chi connectivity index (χ4n) is 4.61. The van der Waals surface area contributed by atoms with E-state index in [-0.39, 0.29) is 41.2 Å². The molecule has 0 spiro atoms. The Morgan fingerprint density at radius 1 is 1.20 bits per heavy atom. The number of allylic oxidation sites excluding steroid dienone is 2. The number of rotatable bonds is 3. The van der Waals surface area contributed by atoms with E-state index >= 15 is 0 Å². The first-order valence-corrected chi connectivity index (χ1v) is 8.48. The summed E-state index contributed by atoms with van der Waals surface area (Å²) in [6, 6.07) is 5.93. The molecule has 2 aliphatic carbocycles. The monoisotopic (exact) mass is 338 g/mol. The zero-order chi connectivity index (χ0) is 19.0. The molecule has 25 heavy (non-hydrogen) atoms. The molecule has 0 aromatic heterocycles. The quantitative estimate of drug-likeness (QED) is 0.785. The molecule has 0 amide bonds. The molecule has 0 radical (unpaired) electrons. The third-order valence-corrected chi connectivity index (χ3v) is 6.05. The summed E-state index contributed by atoms with van der Waals surface area (Å²) in [5.41, 5.74) is 2.55. The van der Waals surface area contributed by atoms with Crippen molar-refractivity contribution in [2.24, 2.45) is 40.2 Å². The highest BCUT2D eigenvalue weighted by Crippen LogP contribution is 2.61. The molecule has 1 saturated carbocycles. The molecule has 2 N–H and O–H groups in total. The number of carbonyl (C=O) groups excluding carboxylic acids is 2. The van der Waals surface area contributed by atoms with Gasteiger partial charge in [-0.25, -0.2) is 0 Å². The molecule has 6 nitrogen and oxygen atoms in total. The Hall–Kier alpha value is -2.65. The van der Waals surface area contributed by atoms with Gasteiger partial charge in [0.05, 0.1) is 18.2 Å². The number of carbonyl (C=O) groups is 2. The van der Waals surface area contributed by atoms with Crippen LogP contribution in [0.5, 0.6) is 0 Å². The van der Waals surface area contributed by atoms with Crippen molar-refractivity contribution in [3.63, 3.8) is 0 Å². The average Bonchev–Trinajstić information content (AvgIpc) is 2.84. The van der Waals surface area contributed by atoms with Crippen LogP contribution in [0.3, 0.4) is 0 Å². The second-order valence-electron chi connectivity index (χ2n) is 7.57. The fourth-order valence-corrected chi connectivity index (χ4v) is 4.61. The molecule has 6 heteroatoms. The molecular weight excluding hydrogens is 316 g/mol. The van der Waals surface area contributed by atoms with Crippen LogP contribution in [0.4, 0.5) is 0 Å². The Labute approximate surface area is 147 Å². The highest BCUT2D eigenvalue weighted by Gasteiger charge is 2.68. The number of aldehydes is 1. The van der Waals surface area contributed by atoms with Crippen LogP contribution in [0.15, 0.2) is 11.3 Å². The number of Topliss-reactive ketones (excluding diaryl/α,β-unsaturated/α-hetero) is 1. The maximum atomic E-state index is 13.3. The van der Waals surface area contributed by atoms with Crippen molar-refractivity contribution < 1.29 is 9.59 Å². The van der Waals surface area contributed by atoms with Gasteiger partial charge in [-0.1, -0.05) is 20.8 Å². The predicted octanol–water partition coefficient (Wildman–Crippen LogP) is 2.23. The van der Waals surface area contributed by atoms with Crippen LogP contribution in [0.25, 0.3) is 0 Å². The van der Waals surface area contributed by atoms with E-state index in [0.717, 1.165) is 0 Å². The molecular formula is C19H22N4O2.